The van der Waals surface area contributed by atoms with Gasteiger partial charge in [-0.25, -0.2) is 0 Å². The number of thiophene rings is 1. The predicted octanol–water partition coefficient (Wildman–Crippen LogP) is 4.50. The molecule has 0 fully saturated rings. The van der Waals surface area contributed by atoms with E-state index in [4.69, 9.17) is 5.26 Å². The average Bonchev–Trinajstić information content (AvgIpc) is 2.87. The standard InChI is InChI=1S/C17H20N2S/c1-17(2,3)16(14-7-5-4-6-8-14)19-11-15-9-13(10-18)12-20-15/h4-9,12,16,19H,11H2,1-3H3. The lowest BCUT2D eigenvalue weighted by atomic mass is 9.82. The van der Waals surface area contributed by atoms with Crippen molar-refractivity contribution in [2.24, 2.45) is 5.41 Å². The Bertz CT molecular complexity index is 587. The third-order valence-corrected chi connectivity index (χ3v) is 4.20. The van der Waals surface area contributed by atoms with E-state index in [1.807, 2.05) is 17.5 Å². The van der Waals surface area contributed by atoms with Crippen molar-refractivity contribution < 1.29 is 0 Å². The molecule has 2 nitrogen and oxygen atoms in total. The normalized spacial score (nSPS) is 12.9. The minimum atomic E-state index is 0.136. The number of rotatable bonds is 4. The Morgan fingerprint density at radius 3 is 2.50 bits per heavy atom. The highest BCUT2D eigenvalue weighted by Crippen LogP contribution is 2.33. The first-order chi connectivity index (χ1) is 9.50. The first-order valence-electron chi connectivity index (χ1n) is 6.76. The van der Waals surface area contributed by atoms with Gasteiger partial charge in [-0.2, -0.15) is 5.26 Å². The molecule has 0 aliphatic carbocycles. The summed E-state index contributed by atoms with van der Waals surface area (Å²) in [6, 6.07) is 15.0. The maximum atomic E-state index is 8.87. The third kappa shape index (κ3) is 3.69. The summed E-state index contributed by atoms with van der Waals surface area (Å²) in [4.78, 5) is 1.20. The van der Waals surface area contributed by atoms with Crippen LogP contribution in [-0.4, -0.2) is 0 Å². The SMILES string of the molecule is CC(C)(C)C(NCc1cc(C#N)cs1)c1ccccc1. The smallest absolute Gasteiger partial charge is 0.100 e. The Kier molecular flexibility index (Phi) is 4.59. The molecule has 0 saturated carbocycles. The van der Waals surface area contributed by atoms with Crippen molar-refractivity contribution in [3.63, 3.8) is 0 Å². The van der Waals surface area contributed by atoms with E-state index in [1.54, 1.807) is 11.3 Å². The van der Waals surface area contributed by atoms with Gasteiger partial charge in [-0.1, -0.05) is 51.1 Å². The van der Waals surface area contributed by atoms with Crippen LogP contribution in [0.5, 0.6) is 0 Å². The molecule has 20 heavy (non-hydrogen) atoms. The lowest BCUT2D eigenvalue weighted by Crippen LogP contribution is -2.31. The number of benzene rings is 1. The molecule has 0 saturated heterocycles. The molecule has 0 amide bonds. The zero-order valence-electron chi connectivity index (χ0n) is 12.2. The van der Waals surface area contributed by atoms with E-state index in [1.165, 1.54) is 10.4 Å². The Morgan fingerprint density at radius 2 is 1.95 bits per heavy atom. The number of nitrogens with zero attached hydrogens (tertiary/aromatic N) is 1. The zero-order valence-corrected chi connectivity index (χ0v) is 13.0. The van der Waals surface area contributed by atoms with E-state index in [0.29, 0.717) is 0 Å². The van der Waals surface area contributed by atoms with Gasteiger partial charge in [-0.15, -0.1) is 11.3 Å². The van der Waals surface area contributed by atoms with Crippen molar-refractivity contribution in [1.82, 2.24) is 5.32 Å². The molecule has 1 aromatic carbocycles. The van der Waals surface area contributed by atoms with Crippen molar-refractivity contribution in [2.45, 2.75) is 33.4 Å². The largest absolute Gasteiger partial charge is 0.305 e. The van der Waals surface area contributed by atoms with E-state index < -0.39 is 0 Å². The van der Waals surface area contributed by atoms with Gasteiger partial charge in [0.05, 0.1) is 5.56 Å². The summed E-state index contributed by atoms with van der Waals surface area (Å²) in [5, 5.41) is 14.4. The molecule has 1 aromatic heterocycles. The van der Waals surface area contributed by atoms with Gasteiger partial charge in [0, 0.05) is 22.8 Å². The van der Waals surface area contributed by atoms with Gasteiger partial charge in [0.2, 0.25) is 0 Å². The maximum absolute atomic E-state index is 8.87. The third-order valence-electron chi connectivity index (χ3n) is 3.26. The summed E-state index contributed by atoms with van der Waals surface area (Å²) >= 11 is 1.64. The Morgan fingerprint density at radius 1 is 1.25 bits per heavy atom. The van der Waals surface area contributed by atoms with Crippen molar-refractivity contribution in [2.75, 3.05) is 0 Å². The summed E-state index contributed by atoms with van der Waals surface area (Å²) in [5.41, 5.74) is 2.19. The summed E-state index contributed by atoms with van der Waals surface area (Å²) in [6.07, 6.45) is 0. The van der Waals surface area contributed by atoms with Crippen molar-refractivity contribution >= 4 is 11.3 Å². The van der Waals surface area contributed by atoms with E-state index >= 15 is 0 Å². The van der Waals surface area contributed by atoms with Gasteiger partial charge in [0.15, 0.2) is 0 Å². The minimum absolute atomic E-state index is 0.136. The molecule has 0 aliphatic heterocycles. The second-order valence-electron chi connectivity index (χ2n) is 6.00. The zero-order chi connectivity index (χ0) is 14.6. The van der Waals surface area contributed by atoms with Gasteiger partial charge in [-0.3, -0.25) is 0 Å². The Labute approximate surface area is 125 Å². The fourth-order valence-electron chi connectivity index (χ4n) is 2.30. The summed E-state index contributed by atoms with van der Waals surface area (Å²) in [5.74, 6) is 0. The quantitative estimate of drug-likeness (QED) is 0.897. The fraction of sp³-hybridized carbons (Fsp3) is 0.353. The number of hydrogen-bond donors (Lipinski definition) is 1. The monoisotopic (exact) mass is 284 g/mol. The summed E-state index contributed by atoms with van der Waals surface area (Å²) in [7, 11) is 0. The number of hydrogen-bond acceptors (Lipinski definition) is 3. The van der Waals surface area contributed by atoms with E-state index in [-0.39, 0.29) is 11.5 Å². The molecule has 0 bridgehead atoms. The predicted molar refractivity (Wildman–Crippen MR) is 84.5 cm³/mol. The molecule has 0 radical (unpaired) electrons. The van der Waals surface area contributed by atoms with Crippen LogP contribution in [0.25, 0.3) is 0 Å². The summed E-state index contributed by atoms with van der Waals surface area (Å²) < 4.78 is 0. The van der Waals surface area contributed by atoms with Gasteiger partial charge >= 0.3 is 0 Å². The molecular formula is C17H20N2S. The van der Waals surface area contributed by atoms with Crippen LogP contribution >= 0.6 is 11.3 Å². The lowest BCUT2D eigenvalue weighted by Gasteiger charge is -2.32. The molecule has 1 N–H and O–H groups in total. The lowest BCUT2D eigenvalue weighted by molar-refractivity contribution is 0.271. The van der Waals surface area contributed by atoms with Crippen LogP contribution in [0.1, 0.15) is 42.8 Å². The van der Waals surface area contributed by atoms with Crippen LogP contribution in [0.2, 0.25) is 0 Å². The highest BCUT2D eigenvalue weighted by atomic mass is 32.1. The van der Waals surface area contributed by atoms with Crippen LogP contribution in [0.3, 0.4) is 0 Å². The van der Waals surface area contributed by atoms with E-state index in [2.05, 4.69) is 56.4 Å². The highest BCUT2D eigenvalue weighted by Gasteiger charge is 2.25. The first-order valence-corrected chi connectivity index (χ1v) is 7.64. The Hall–Kier alpha value is -1.63. The molecule has 1 heterocycles. The van der Waals surface area contributed by atoms with Crippen molar-refractivity contribution in [1.29, 1.82) is 5.26 Å². The van der Waals surface area contributed by atoms with Crippen LogP contribution in [-0.2, 0) is 6.54 Å². The van der Waals surface area contributed by atoms with Crippen LogP contribution in [0.4, 0.5) is 0 Å². The molecule has 2 rings (SSSR count). The van der Waals surface area contributed by atoms with Crippen molar-refractivity contribution in [3.05, 3.63) is 57.8 Å². The molecule has 3 heteroatoms. The second-order valence-corrected chi connectivity index (χ2v) is 7.00. The average molecular weight is 284 g/mol. The van der Waals surface area contributed by atoms with Gasteiger partial charge in [-0.05, 0) is 17.0 Å². The van der Waals surface area contributed by atoms with Crippen LogP contribution in [0, 0.1) is 16.7 Å². The Balaban J connectivity index is 2.12. The highest BCUT2D eigenvalue weighted by molar-refractivity contribution is 7.10. The fourth-order valence-corrected chi connectivity index (χ4v) is 3.06. The van der Waals surface area contributed by atoms with E-state index in [9.17, 15) is 0 Å². The molecule has 0 spiro atoms. The van der Waals surface area contributed by atoms with Gasteiger partial charge in [0.25, 0.3) is 0 Å². The maximum Gasteiger partial charge on any atom is 0.100 e. The first kappa shape index (κ1) is 14.8. The molecular weight excluding hydrogens is 264 g/mol. The van der Waals surface area contributed by atoms with E-state index in [0.717, 1.165) is 12.1 Å². The van der Waals surface area contributed by atoms with Crippen molar-refractivity contribution in [3.8, 4) is 6.07 Å². The molecule has 0 aliphatic rings. The van der Waals surface area contributed by atoms with Crippen LogP contribution < -0.4 is 5.32 Å². The molecule has 1 unspecified atom stereocenters. The minimum Gasteiger partial charge on any atom is -0.305 e. The number of nitrogens with one attached hydrogen (secondary N) is 1. The molecule has 1 atom stereocenters. The van der Waals surface area contributed by atoms with Gasteiger partial charge < -0.3 is 5.32 Å². The molecule has 2 aromatic rings. The topological polar surface area (TPSA) is 35.8 Å². The molecule has 104 valence electrons. The van der Waals surface area contributed by atoms with Crippen LogP contribution in [0.15, 0.2) is 41.8 Å². The number of nitriles is 1. The summed E-state index contributed by atoms with van der Waals surface area (Å²) in [6.45, 7) is 7.52. The second kappa shape index (κ2) is 6.21. The van der Waals surface area contributed by atoms with Gasteiger partial charge in [0.1, 0.15) is 6.07 Å².